The van der Waals surface area contributed by atoms with Gasteiger partial charge in [0, 0.05) is 19.1 Å². The van der Waals surface area contributed by atoms with Crippen LogP contribution >= 0.6 is 0 Å². The highest BCUT2D eigenvalue weighted by molar-refractivity contribution is 5.76. The fraction of sp³-hybridized carbons (Fsp3) is 0.462. The molecule has 6 nitrogen and oxygen atoms in total. The number of benzene rings is 2. The standard InChI is InChI=1S/C26H34N2O4/c1-26(2,3)32-25(30)28-16-8-11-22(28)18-27-23(24(29)31-4)17-19-12-14-21(15-13-19)20-9-6-5-7-10-20/h5-7,9-10,12-15,22-23,27H,8,11,16-18H2,1-4H3/t22-,23+/m1/s1. The van der Waals surface area contributed by atoms with E-state index in [4.69, 9.17) is 9.47 Å². The van der Waals surface area contributed by atoms with E-state index in [2.05, 4.69) is 29.6 Å². The van der Waals surface area contributed by atoms with Crippen LogP contribution in [0.25, 0.3) is 11.1 Å². The second-order valence-electron chi connectivity index (χ2n) is 9.22. The van der Waals surface area contributed by atoms with Crippen LogP contribution in [-0.2, 0) is 20.7 Å². The molecule has 0 unspecified atom stereocenters. The number of nitrogens with one attached hydrogen (secondary N) is 1. The second-order valence-corrected chi connectivity index (χ2v) is 9.22. The van der Waals surface area contributed by atoms with Gasteiger partial charge in [0.1, 0.15) is 11.6 Å². The van der Waals surface area contributed by atoms with Gasteiger partial charge in [-0.15, -0.1) is 0 Å². The number of amides is 1. The third kappa shape index (κ3) is 6.57. The molecule has 1 saturated heterocycles. The highest BCUT2D eigenvalue weighted by Gasteiger charge is 2.33. The number of methoxy groups -OCH3 is 1. The first kappa shape index (κ1) is 23.8. The van der Waals surface area contributed by atoms with Gasteiger partial charge in [0.25, 0.3) is 0 Å². The van der Waals surface area contributed by atoms with Crippen molar-refractivity contribution in [1.29, 1.82) is 0 Å². The molecule has 6 heteroatoms. The van der Waals surface area contributed by atoms with E-state index in [0.29, 0.717) is 19.5 Å². The first-order valence-electron chi connectivity index (χ1n) is 11.2. The molecule has 1 heterocycles. The van der Waals surface area contributed by atoms with E-state index in [1.54, 1.807) is 4.90 Å². The Bertz CT molecular complexity index is 890. The molecule has 0 aliphatic carbocycles. The van der Waals surface area contributed by atoms with Crippen LogP contribution in [0.4, 0.5) is 4.79 Å². The number of esters is 1. The Morgan fingerprint density at radius 1 is 1.06 bits per heavy atom. The normalized spacial score (nSPS) is 17.1. The molecule has 0 bridgehead atoms. The van der Waals surface area contributed by atoms with Gasteiger partial charge in [0.2, 0.25) is 0 Å². The molecule has 1 aliphatic rings. The fourth-order valence-corrected chi connectivity index (χ4v) is 3.97. The minimum Gasteiger partial charge on any atom is -0.468 e. The molecule has 32 heavy (non-hydrogen) atoms. The van der Waals surface area contributed by atoms with Gasteiger partial charge in [-0.1, -0.05) is 54.6 Å². The van der Waals surface area contributed by atoms with Gasteiger partial charge in [-0.3, -0.25) is 4.79 Å². The number of hydrogen-bond donors (Lipinski definition) is 1. The molecule has 2 aromatic carbocycles. The minimum atomic E-state index is -0.530. The molecular weight excluding hydrogens is 404 g/mol. The average molecular weight is 439 g/mol. The lowest BCUT2D eigenvalue weighted by atomic mass is 10.0. The summed E-state index contributed by atoms with van der Waals surface area (Å²) in [5.41, 5.74) is 2.81. The number of nitrogens with zero attached hydrogens (tertiary/aromatic N) is 1. The van der Waals surface area contributed by atoms with Gasteiger partial charge in [-0.25, -0.2) is 4.79 Å². The Morgan fingerprint density at radius 2 is 1.72 bits per heavy atom. The van der Waals surface area contributed by atoms with Crippen LogP contribution in [0.5, 0.6) is 0 Å². The van der Waals surface area contributed by atoms with Crippen LogP contribution in [0.2, 0.25) is 0 Å². The summed E-state index contributed by atoms with van der Waals surface area (Å²) in [5, 5.41) is 3.33. The highest BCUT2D eigenvalue weighted by Crippen LogP contribution is 2.22. The first-order valence-corrected chi connectivity index (χ1v) is 11.2. The number of carbonyl (C=O) groups is 2. The number of ether oxygens (including phenoxy) is 2. The lowest BCUT2D eigenvalue weighted by Crippen LogP contribution is -2.48. The topological polar surface area (TPSA) is 67.9 Å². The second kappa shape index (κ2) is 10.6. The van der Waals surface area contributed by atoms with Crippen LogP contribution in [0, 0.1) is 0 Å². The molecule has 0 saturated carbocycles. The largest absolute Gasteiger partial charge is 0.468 e. The Hall–Kier alpha value is -2.86. The monoisotopic (exact) mass is 438 g/mol. The Balaban J connectivity index is 1.62. The van der Waals surface area contributed by atoms with Crippen LogP contribution in [0.15, 0.2) is 54.6 Å². The quantitative estimate of drug-likeness (QED) is 0.648. The Morgan fingerprint density at radius 3 is 2.34 bits per heavy atom. The van der Waals surface area contributed by atoms with E-state index in [0.717, 1.165) is 29.5 Å². The van der Waals surface area contributed by atoms with Gasteiger partial charge in [-0.05, 0) is 56.7 Å². The van der Waals surface area contributed by atoms with Crippen molar-refractivity contribution in [2.75, 3.05) is 20.2 Å². The van der Waals surface area contributed by atoms with E-state index in [9.17, 15) is 9.59 Å². The van der Waals surface area contributed by atoms with E-state index in [1.165, 1.54) is 7.11 Å². The number of likely N-dealkylation sites (tertiary alicyclic amines) is 1. The fourth-order valence-electron chi connectivity index (χ4n) is 3.97. The summed E-state index contributed by atoms with van der Waals surface area (Å²) in [6.45, 7) is 6.78. The van der Waals surface area contributed by atoms with E-state index in [-0.39, 0.29) is 18.1 Å². The van der Waals surface area contributed by atoms with Crippen molar-refractivity contribution < 1.29 is 19.1 Å². The maximum absolute atomic E-state index is 12.5. The zero-order chi connectivity index (χ0) is 23.1. The van der Waals surface area contributed by atoms with E-state index in [1.807, 2.05) is 51.1 Å². The van der Waals surface area contributed by atoms with Crippen molar-refractivity contribution in [3.05, 3.63) is 60.2 Å². The summed E-state index contributed by atoms with van der Waals surface area (Å²) in [6, 6.07) is 17.9. The maximum atomic E-state index is 12.5. The maximum Gasteiger partial charge on any atom is 0.410 e. The number of rotatable bonds is 7. The van der Waals surface area contributed by atoms with Crippen molar-refractivity contribution in [2.24, 2.45) is 0 Å². The van der Waals surface area contributed by atoms with E-state index < -0.39 is 11.6 Å². The summed E-state index contributed by atoms with van der Waals surface area (Å²) in [6.07, 6.45) is 2.02. The smallest absolute Gasteiger partial charge is 0.410 e. The van der Waals surface area contributed by atoms with Crippen LogP contribution in [-0.4, -0.2) is 54.8 Å². The number of carbonyl (C=O) groups excluding carboxylic acids is 2. The SMILES string of the molecule is COC(=O)[C@H](Cc1ccc(-c2ccccc2)cc1)NC[C@H]1CCCN1C(=O)OC(C)(C)C. The molecule has 2 aromatic rings. The van der Waals surface area contributed by atoms with Crippen molar-refractivity contribution in [3.8, 4) is 11.1 Å². The van der Waals surface area contributed by atoms with Crippen molar-refractivity contribution >= 4 is 12.1 Å². The third-order valence-corrected chi connectivity index (χ3v) is 5.59. The predicted molar refractivity (Wildman–Crippen MR) is 125 cm³/mol. The third-order valence-electron chi connectivity index (χ3n) is 5.59. The van der Waals surface area contributed by atoms with Gasteiger partial charge in [0.15, 0.2) is 0 Å². The first-order chi connectivity index (χ1) is 15.3. The average Bonchev–Trinajstić information content (AvgIpc) is 3.25. The van der Waals surface area contributed by atoms with Gasteiger partial charge in [0.05, 0.1) is 7.11 Å². The summed E-state index contributed by atoms with van der Waals surface area (Å²) in [7, 11) is 1.40. The number of hydrogen-bond acceptors (Lipinski definition) is 5. The highest BCUT2D eigenvalue weighted by atomic mass is 16.6. The molecule has 1 aliphatic heterocycles. The van der Waals surface area contributed by atoms with Crippen molar-refractivity contribution in [2.45, 2.75) is 57.7 Å². The van der Waals surface area contributed by atoms with Crippen LogP contribution < -0.4 is 5.32 Å². The Labute approximate surface area is 190 Å². The molecule has 0 radical (unpaired) electrons. The van der Waals surface area contributed by atoms with Gasteiger partial charge < -0.3 is 19.7 Å². The molecular formula is C26H34N2O4. The molecule has 1 amide bonds. The minimum absolute atomic E-state index is 0.00235. The summed E-state index contributed by atoms with van der Waals surface area (Å²) in [4.78, 5) is 26.7. The Kier molecular flexibility index (Phi) is 7.91. The molecule has 1 N–H and O–H groups in total. The molecule has 1 fully saturated rings. The molecule has 3 rings (SSSR count). The molecule has 2 atom stereocenters. The van der Waals surface area contributed by atoms with Gasteiger partial charge in [-0.2, -0.15) is 0 Å². The lowest BCUT2D eigenvalue weighted by molar-refractivity contribution is -0.143. The zero-order valence-corrected chi connectivity index (χ0v) is 19.5. The van der Waals surface area contributed by atoms with Gasteiger partial charge >= 0.3 is 12.1 Å². The van der Waals surface area contributed by atoms with Crippen LogP contribution in [0.3, 0.4) is 0 Å². The molecule has 0 spiro atoms. The van der Waals surface area contributed by atoms with Crippen molar-refractivity contribution in [1.82, 2.24) is 10.2 Å². The summed E-state index contributed by atoms with van der Waals surface area (Å²) < 4.78 is 10.6. The zero-order valence-electron chi connectivity index (χ0n) is 19.5. The molecule has 0 aromatic heterocycles. The molecule has 172 valence electrons. The van der Waals surface area contributed by atoms with E-state index >= 15 is 0 Å². The lowest BCUT2D eigenvalue weighted by Gasteiger charge is -2.29. The van der Waals surface area contributed by atoms with Crippen molar-refractivity contribution in [3.63, 3.8) is 0 Å². The van der Waals surface area contributed by atoms with Crippen LogP contribution in [0.1, 0.15) is 39.2 Å². The summed E-state index contributed by atoms with van der Waals surface area (Å²) >= 11 is 0. The summed E-state index contributed by atoms with van der Waals surface area (Å²) in [5.74, 6) is -0.307. The predicted octanol–water partition coefficient (Wildman–Crippen LogP) is 4.43.